The summed E-state index contributed by atoms with van der Waals surface area (Å²) in [4.78, 5) is 10.4. The number of aromatic hydroxyl groups is 2. The molecule has 0 aliphatic carbocycles. The molecular weight excluding hydrogens is 342 g/mol. The third-order valence-electron chi connectivity index (χ3n) is 2.91. The summed E-state index contributed by atoms with van der Waals surface area (Å²) in [5.74, 6) is -0.786. The van der Waals surface area contributed by atoms with E-state index in [2.05, 4.69) is 0 Å². The maximum atomic E-state index is 12.3. The third-order valence-corrected chi connectivity index (χ3v) is 4.49. The van der Waals surface area contributed by atoms with Gasteiger partial charge in [0.2, 0.25) is 0 Å². The van der Waals surface area contributed by atoms with E-state index in [9.17, 15) is 24.9 Å². The van der Waals surface area contributed by atoms with Crippen LogP contribution in [0.1, 0.15) is 11.1 Å². The second-order valence-corrected chi connectivity index (χ2v) is 6.44. The summed E-state index contributed by atoms with van der Waals surface area (Å²) in [6, 6.07) is 10.2. The van der Waals surface area contributed by atoms with E-state index < -0.39 is 26.9 Å². The number of nitro groups is 1. The van der Waals surface area contributed by atoms with Gasteiger partial charge in [0.25, 0.3) is 0 Å². The van der Waals surface area contributed by atoms with Gasteiger partial charge in [-0.2, -0.15) is 0 Å². The first-order chi connectivity index (χ1) is 10.9. The molecule has 120 valence electrons. The van der Waals surface area contributed by atoms with Crippen molar-refractivity contribution in [2.45, 2.75) is 5.75 Å². The number of halogens is 1. The van der Waals surface area contributed by atoms with Crippen molar-refractivity contribution >= 4 is 28.9 Å². The zero-order chi connectivity index (χ0) is 17.0. The van der Waals surface area contributed by atoms with Gasteiger partial charge in [0.15, 0.2) is 11.5 Å². The molecule has 1 unspecified atom stereocenters. The van der Waals surface area contributed by atoms with Crippen LogP contribution in [-0.4, -0.2) is 19.7 Å². The van der Waals surface area contributed by atoms with Crippen molar-refractivity contribution in [1.29, 1.82) is 0 Å². The Balaban J connectivity index is 2.26. The maximum absolute atomic E-state index is 12.3. The predicted molar refractivity (Wildman–Crippen MR) is 88.0 cm³/mol. The van der Waals surface area contributed by atoms with Gasteiger partial charge in [-0.3, -0.25) is 10.1 Å². The summed E-state index contributed by atoms with van der Waals surface area (Å²) in [6.45, 7) is 0. The minimum atomic E-state index is -1.88. The van der Waals surface area contributed by atoms with Crippen molar-refractivity contribution in [3.63, 3.8) is 0 Å². The molecular formula is C15H12ClNO5S. The minimum Gasteiger partial charge on any atom is -0.606 e. The van der Waals surface area contributed by atoms with Crippen LogP contribution in [0.3, 0.4) is 0 Å². The molecule has 0 amide bonds. The van der Waals surface area contributed by atoms with E-state index in [0.717, 1.165) is 12.1 Å². The molecule has 0 spiro atoms. The molecule has 2 N–H and O–H groups in total. The van der Waals surface area contributed by atoms with Crippen molar-refractivity contribution < 1.29 is 19.7 Å². The first-order valence-electron chi connectivity index (χ1n) is 6.37. The van der Waals surface area contributed by atoms with Gasteiger partial charge in [0.1, 0.15) is 10.7 Å². The third kappa shape index (κ3) is 4.62. The van der Waals surface area contributed by atoms with E-state index in [0.29, 0.717) is 10.6 Å². The van der Waals surface area contributed by atoms with Crippen LogP contribution in [0.5, 0.6) is 11.5 Å². The fourth-order valence-corrected chi connectivity index (χ4v) is 2.98. The zero-order valence-corrected chi connectivity index (χ0v) is 13.3. The highest BCUT2D eigenvalue weighted by Crippen LogP contribution is 2.27. The molecule has 1 atom stereocenters. The minimum absolute atomic E-state index is 0.0337. The summed E-state index contributed by atoms with van der Waals surface area (Å²) >= 11 is 3.87. The average molecular weight is 354 g/mol. The quantitative estimate of drug-likeness (QED) is 0.371. The Hall–Kier alpha value is -2.22. The van der Waals surface area contributed by atoms with Crippen LogP contribution < -0.4 is 0 Å². The van der Waals surface area contributed by atoms with E-state index in [1.165, 1.54) is 12.1 Å². The number of phenolic OH excluding ortho intramolecular Hbond substituents is 2. The van der Waals surface area contributed by atoms with Crippen molar-refractivity contribution in [3.05, 3.63) is 73.8 Å². The molecule has 0 aliphatic rings. The summed E-state index contributed by atoms with van der Waals surface area (Å²) in [7, 11) is 0. The number of nitrogens with zero attached hydrogens (tertiary/aromatic N) is 1. The SMILES string of the molecule is O=[N+]([O-])/C(=C\c1ccc(O)c(O)c1)[S+]([O-])Cc1ccc(Cl)cc1. The van der Waals surface area contributed by atoms with Gasteiger partial charge >= 0.3 is 5.03 Å². The first kappa shape index (κ1) is 17.1. The molecule has 0 saturated carbocycles. The van der Waals surface area contributed by atoms with Crippen LogP contribution >= 0.6 is 11.6 Å². The summed E-state index contributed by atoms with van der Waals surface area (Å²) in [5, 5.41) is 29.8. The zero-order valence-electron chi connectivity index (χ0n) is 11.7. The van der Waals surface area contributed by atoms with Gasteiger partial charge in [0.05, 0.1) is 17.3 Å². The van der Waals surface area contributed by atoms with Crippen LogP contribution in [-0.2, 0) is 16.9 Å². The second-order valence-electron chi connectivity index (χ2n) is 4.60. The van der Waals surface area contributed by atoms with Crippen LogP contribution in [0.2, 0.25) is 5.02 Å². The molecule has 23 heavy (non-hydrogen) atoms. The summed E-state index contributed by atoms with van der Waals surface area (Å²) in [6.07, 6.45) is 1.10. The lowest BCUT2D eigenvalue weighted by atomic mass is 10.2. The lowest BCUT2D eigenvalue weighted by Crippen LogP contribution is -2.14. The molecule has 0 aromatic heterocycles. The summed E-state index contributed by atoms with van der Waals surface area (Å²) < 4.78 is 12.3. The van der Waals surface area contributed by atoms with E-state index in [4.69, 9.17) is 11.6 Å². The highest BCUT2D eigenvalue weighted by Gasteiger charge is 2.27. The van der Waals surface area contributed by atoms with Gasteiger partial charge < -0.3 is 14.8 Å². The number of hydrogen-bond donors (Lipinski definition) is 2. The average Bonchev–Trinajstić information content (AvgIpc) is 2.50. The van der Waals surface area contributed by atoms with Gasteiger partial charge in [0, 0.05) is 10.6 Å². The Morgan fingerprint density at radius 1 is 1.17 bits per heavy atom. The second kappa shape index (κ2) is 7.36. The largest absolute Gasteiger partial charge is 0.606 e. The first-order valence-corrected chi connectivity index (χ1v) is 8.07. The maximum Gasteiger partial charge on any atom is 0.441 e. The van der Waals surface area contributed by atoms with Crippen molar-refractivity contribution in [2.75, 3.05) is 0 Å². The Bertz CT molecular complexity index is 748. The van der Waals surface area contributed by atoms with Crippen LogP contribution in [0.25, 0.3) is 6.08 Å². The van der Waals surface area contributed by atoms with Gasteiger partial charge in [-0.25, -0.2) is 0 Å². The molecule has 0 heterocycles. The molecule has 0 fully saturated rings. The fraction of sp³-hybridized carbons (Fsp3) is 0.0667. The molecule has 0 aliphatic heterocycles. The molecule has 6 nitrogen and oxygen atoms in total. The van der Waals surface area contributed by atoms with Gasteiger partial charge in [-0.1, -0.05) is 29.8 Å². The highest BCUT2D eigenvalue weighted by atomic mass is 35.5. The molecule has 2 rings (SSSR count). The van der Waals surface area contributed by atoms with Crippen LogP contribution in [0.4, 0.5) is 0 Å². The Morgan fingerprint density at radius 2 is 1.83 bits per heavy atom. The molecule has 0 saturated heterocycles. The van der Waals surface area contributed by atoms with E-state index in [1.807, 2.05) is 0 Å². The van der Waals surface area contributed by atoms with E-state index in [1.54, 1.807) is 24.3 Å². The number of phenols is 2. The highest BCUT2D eigenvalue weighted by molar-refractivity contribution is 7.94. The smallest absolute Gasteiger partial charge is 0.441 e. The lowest BCUT2D eigenvalue weighted by Gasteiger charge is -2.07. The van der Waals surface area contributed by atoms with E-state index >= 15 is 0 Å². The Morgan fingerprint density at radius 3 is 2.39 bits per heavy atom. The topological polar surface area (TPSA) is 107 Å². The number of rotatable bonds is 5. The standard InChI is InChI=1S/C15H12ClNO5S/c16-12-4-1-10(2-5-12)9-23(22)15(17(20)21)8-11-3-6-13(18)14(19)7-11/h1-8,18-19H,9H2/b15-8+. The van der Waals surface area contributed by atoms with Gasteiger partial charge in [-0.05, 0) is 29.8 Å². The number of hydrogen-bond acceptors (Lipinski definition) is 5. The molecule has 2 aromatic rings. The normalized spacial score (nSPS) is 12.9. The molecule has 2 aromatic carbocycles. The summed E-state index contributed by atoms with van der Waals surface area (Å²) in [5.41, 5.74) is 0.908. The molecule has 8 heteroatoms. The van der Waals surface area contributed by atoms with Crippen molar-refractivity contribution in [3.8, 4) is 11.5 Å². The monoisotopic (exact) mass is 353 g/mol. The predicted octanol–water partition coefficient (Wildman–Crippen LogP) is 3.28. The Labute approximate surface area is 140 Å². The van der Waals surface area contributed by atoms with Crippen molar-refractivity contribution in [2.24, 2.45) is 0 Å². The molecule has 0 radical (unpaired) electrons. The van der Waals surface area contributed by atoms with E-state index in [-0.39, 0.29) is 17.1 Å². The van der Waals surface area contributed by atoms with Crippen molar-refractivity contribution in [1.82, 2.24) is 0 Å². The Kier molecular flexibility index (Phi) is 5.49. The lowest BCUT2D eigenvalue weighted by molar-refractivity contribution is -0.410. The molecule has 0 bridgehead atoms. The van der Waals surface area contributed by atoms with Gasteiger partial charge in [-0.15, -0.1) is 0 Å². The van der Waals surface area contributed by atoms with Crippen LogP contribution in [0, 0.1) is 10.1 Å². The number of benzene rings is 2. The fourth-order valence-electron chi connectivity index (χ4n) is 1.78. The van der Waals surface area contributed by atoms with Crippen LogP contribution in [0.15, 0.2) is 47.5 Å².